The van der Waals surface area contributed by atoms with E-state index in [-0.39, 0.29) is 11.9 Å². The van der Waals surface area contributed by atoms with Gasteiger partial charge in [-0.3, -0.25) is 9.78 Å². The van der Waals surface area contributed by atoms with Gasteiger partial charge in [0.1, 0.15) is 5.01 Å². The number of nitrogens with zero attached hydrogens (tertiary/aromatic N) is 4. The molecule has 25 heavy (non-hydrogen) atoms. The zero-order chi connectivity index (χ0) is 17.7. The van der Waals surface area contributed by atoms with Crippen molar-refractivity contribution in [2.45, 2.75) is 44.3 Å². The van der Waals surface area contributed by atoms with E-state index < -0.39 is 5.66 Å². The van der Waals surface area contributed by atoms with Crippen molar-refractivity contribution in [3.63, 3.8) is 0 Å². The number of hydrogen-bond donors (Lipinski definition) is 1. The molecule has 1 atom stereocenters. The van der Waals surface area contributed by atoms with Crippen LogP contribution in [-0.2, 0) is 4.79 Å². The number of aromatic nitrogens is 2. The fraction of sp³-hybridized carbons (Fsp3) is 0.389. The molecule has 2 aromatic heterocycles. The lowest BCUT2D eigenvalue weighted by Crippen LogP contribution is -2.27. The molecular weight excluding hydrogens is 334 g/mol. The van der Waals surface area contributed by atoms with Gasteiger partial charge in [-0.25, -0.2) is 4.98 Å². The van der Waals surface area contributed by atoms with E-state index >= 15 is 0 Å². The van der Waals surface area contributed by atoms with Crippen molar-refractivity contribution < 1.29 is 4.79 Å². The topological polar surface area (TPSA) is 79.6 Å². The lowest BCUT2D eigenvalue weighted by Gasteiger charge is -2.13. The molecular formula is C18H19N5OS. The molecule has 2 aromatic rings. The number of carbonyl (C=O) groups is 1. The summed E-state index contributed by atoms with van der Waals surface area (Å²) >= 11 is 1.53. The molecule has 0 radical (unpaired) electrons. The summed E-state index contributed by atoms with van der Waals surface area (Å²) in [4.78, 5) is 20.9. The predicted octanol–water partition coefficient (Wildman–Crippen LogP) is 3.74. The monoisotopic (exact) mass is 353 g/mol. The van der Waals surface area contributed by atoms with Gasteiger partial charge in [0.2, 0.25) is 5.91 Å². The molecule has 1 aliphatic rings. The number of thiazole rings is 1. The van der Waals surface area contributed by atoms with Crippen LogP contribution in [0.3, 0.4) is 0 Å². The van der Waals surface area contributed by atoms with E-state index in [1.54, 1.807) is 12.4 Å². The van der Waals surface area contributed by atoms with Gasteiger partial charge in [-0.05, 0) is 19.1 Å². The molecule has 0 bridgehead atoms. The predicted molar refractivity (Wildman–Crippen MR) is 96.8 cm³/mol. The van der Waals surface area contributed by atoms with Gasteiger partial charge in [-0.15, -0.1) is 23.7 Å². The summed E-state index contributed by atoms with van der Waals surface area (Å²) in [6, 6.07) is 3.70. The van der Waals surface area contributed by atoms with Crippen molar-refractivity contribution in [1.82, 2.24) is 15.3 Å². The minimum atomic E-state index is -0.415. The summed E-state index contributed by atoms with van der Waals surface area (Å²) in [7, 11) is 0. The Balaban J connectivity index is 1.51. The van der Waals surface area contributed by atoms with Crippen molar-refractivity contribution >= 4 is 17.2 Å². The van der Waals surface area contributed by atoms with E-state index in [1.165, 1.54) is 11.3 Å². The van der Waals surface area contributed by atoms with Crippen LogP contribution < -0.4 is 5.32 Å². The molecule has 0 saturated carbocycles. The van der Waals surface area contributed by atoms with E-state index in [4.69, 9.17) is 6.42 Å². The SMILES string of the molecule is C#CCCC1(CCC(=O)NC(C)c2nc(-c3cccnc3)cs2)N=N1. The van der Waals surface area contributed by atoms with E-state index in [9.17, 15) is 4.79 Å². The summed E-state index contributed by atoms with van der Waals surface area (Å²) < 4.78 is 0. The van der Waals surface area contributed by atoms with Gasteiger partial charge in [0.05, 0.1) is 11.7 Å². The summed E-state index contributed by atoms with van der Waals surface area (Å²) in [6.45, 7) is 1.93. The van der Waals surface area contributed by atoms with Crippen LogP contribution in [0.2, 0.25) is 0 Å². The fourth-order valence-electron chi connectivity index (χ4n) is 2.49. The Kier molecular flexibility index (Phi) is 5.19. The number of nitrogens with one attached hydrogen (secondary N) is 1. The van der Waals surface area contributed by atoms with Crippen molar-refractivity contribution in [2.75, 3.05) is 0 Å². The molecule has 7 heteroatoms. The Hall–Kier alpha value is -2.59. The van der Waals surface area contributed by atoms with Gasteiger partial charge in [-0.2, -0.15) is 10.2 Å². The van der Waals surface area contributed by atoms with Crippen LogP contribution in [0.1, 0.15) is 43.7 Å². The van der Waals surface area contributed by atoms with Crippen LogP contribution in [-0.4, -0.2) is 21.5 Å². The van der Waals surface area contributed by atoms with Gasteiger partial charge in [0.15, 0.2) is 5.66 Å². The molecule has 1 unspecified atom stereocenters. The molecule has 1 N–H and O–H groups in total. The fourth-order valence-corrected chi connectivity index (χ4v) is 3.33. The maximum absolute atomic E-state index is 12.2. The minimum Gasteiger partial charge on any atom is -0.347 e. The Morgan fingerprint density at radius 2 is 2.28 bits per heavy atom. The summed E-state index contributed by atoms with van der Waals surface area (Å²) in [5.74, 6) is 2.56. The zero-order valence-corrected chi connectivity index (χ0v) is 14.8. The van der Waals surface area contributed by atoms with Crippen LogP contribution in [0.4, 0.5) is 0 Å². The number of rotatable bonds is 8. The first kappa shape index (κ1) is 17.2. The molecule has 1 amide bonds. The molecule has 0 aromatic carbocycles. The van der Waals surface area contributed by atoms with Crippen molar-refractivity contribution in [1.29, 1.82) is 0 Å². The maximum Gasteiger partial charge on any atom is 0.220 e. The van der Waals surface area contributed by atoms with Gasteiger partial charge < -0.3 is 5.32 Å². The quantitative estimate of drug-likeness (QED) is 0.734. The molecule has 6 nitrogen and oxygen atoms in total. The second-order valence-corrected chi connectivity index (χ2v) is 6.88. The van der Waals surface area contributed by atoms with E-state index in [0.29, 0.717) is 25.7 Å². The van der Waals surface area contributed by atoms with Crippen LogP contribution in [0, 0.1) is 12.3 Å². The minimum absolute atomic E-state index is 0.0250. The second kappa shape index (κ2) is 7.53. The zero-order valence-electron chi connectivity index (χ0n) is 14.0. The lowest BCUT2D eigenvalue weighted by atomic mass is 10.0. The summed E-state index contributed by atoms with van der Waals surface area (Å²) in [6.07, 6.45) is 11.1. The van der Waals surface area contributed by atoms with Crippen molar-refractivity contribution in [3.8, 4) is 23.6 Å². The van der Waals surface area contributed by atoms with Gasteiger partial charge in [0, 0.05) is 49.0 Å². The highest BCUT2D eigenvalue weighted by Crippen LogP contribution is 2.37. The third-order valence-corrected chi connectivity index (χ3v) is 5.06. The van der Waals surface area contributed by atoms with Crippen LogP contribution in [0.25, 0.3) is 11.3 Å². The molecule has 0 aliphatic carbocycles. The molecule has 0 saturated heterocycles. The number of carbonyl (C=O) groups excluding carboxylic acids is 1. The number of pyridine rings is 1. The number of amides is 1. The largest absolute Gasteiger partial charge is 0.347 e. The molecule has 3 rings (SSSR count). The van der Waals surface area contributed by atoms with Gasteiger partial charge in [-0.1, -0.05) is 0 Å². The standard InChI is InChI=1S/C18H19N5OS/c1-3-4-8-18(22-23-18)9-7-16(24)20-13(2)17-21-15(12-25-17)14-6-5-10-19-11-14/h1,5-6,10-13H,4,7-9H2,2H3,(H,20,24). The Labute approximate surface area is 150 Å². The van der Waals surface area contributed by atoms with Crippen LogP contribution >= 0.6 is 11.3 Å². The Bertz CT molecular complexity index is 802. The van der Waals surface area contributed by atoms with Crippen molar-refractivity contribution in [3.05, 3.63) is 34.9 Å². The smallest absolute Gasteiger partial charge is 0.220 e. The highest BCUT2D eigenvalue weighted by molar-refractivity contribution is 7.10. The number of terminal acetylenes is 1. The second-order valence-electron chi connectivity index (χ2n) is 5.99. The Morgan fingerprint density at radius 3 is 2.96 bits per heavy atom. The average Bonchev–Trinajstić information content (AvgIpc) is 3.23. The molecule has 0 fully saturated rings. The summed E-state index contributed by atoms with van der Waals surface area (Å²) in [5, 5.41) is 13.9. The van der Waals surface area contributed by atoms with E-state index in [0.717, 1.165) is 16.3 Å². The molecule has 0 spiro atoms. The highest BCUT2D eigenvalue weighted by atomic mass is 32.1. The molecule has 1 aliphatic heterocycles. The van der Waals surface area contributed by atoms with E-state index in [2.05, 4.69) is 31.4 Å². The third kappa shape index (κ3) is 4.48. The number of hydrogen-bond acceptors (Lipinski definition) is 6. The molecule has 3 heterocycles. The van der Waals surface area contributed by atoms with Gasteiger partial charge in [0.25, 0.3) is 0 Å². The first-order valence-electron chi connectivity index (χ1n) is 8.15. The third-order valence-electron chi connectivity index (χ3n) is 4.03. The summed E-state index contributed by atoms with van der Waals surface area (Å²) in [5.41, 5.74) is 1.43. The lowest BCUT2D eigenvalue weighted by molar-refractivity contribution is -0.122. The van der Waals surface area contributed by atoms with Gasteiger partial charge >= 0.3 is 0 Å². The maximum atomic E-state index is 12.2. The average molecular weight is 353 g/mol. The van der Waals surface area contributed by atoms with E-state index in [1.807, 2.05) is 24.4 Å². The van der Waals surface area contributed by atoms with Crippen LogP contribution in [0.5, 0.6) is 0 Å². The normalized spacial score (nSPS) is 15.4. The first-order valence-corrected chi connectivity index (χ1v) is 9.02. The first-order chi connectivity index (χ1) is 12.1. The Morgan fingerprint density at radius 1 is 1.44 bits per heavy atom. The van der Waals surface area contributed by atoms with Crippen LogP contribution in [0.15, 0.2) is 40.1 Å². The molecule has 128 valence electrons. The van der Waals surface area contributed by atoms with Crippen molar-refractivity contribution in [2.24, 2.45) is 10.2 Å². The highest BCUT2D eigenvalue weighted by Gasteiger charge is 2.39.